The Morgan fingerprint density at radius 2 is 2.00 bits per heavy atom. The lowest BCUT2D eigenvalue weighted by molar-refractivity contribution is -0.121. The summed E-state index contributed by atoms with van der Waals surface area (Å²) in [5.74, 6) is 1.61. The molecule has 1 atom stereocenters. The maximum Gasteiger partial charge on any atom is 0.263 e. The fraction of sp³-hybridized carbons (Fsp3) is 0.684. The molecule has 1 N–H and O–H groups in total. The maximum absolute atomic E-state index is 12.1. The van der Waals surface area contributed by atoms with Crippen LogP contribution in [-0.4, -0.2) is 40.2 Å². The summed E-state index contributed by atoms with van der Waals surface area (Å²) in [4.78, 5) is 23.7. The number of aryl methyl sites for hydroxylation is 2. The smallest absolute Gasteiger partial charge is 0.263 e. The van der Waals surface area contributed by atoms with Crippen LogP contribution >= 0.6 is 0 Å². The van der Waals surface area contributed by atoms with E-state index in [1.807, 2.05) is 6.92 Å². The van der Waals surface area contributed by atoms with Crippen molar-refractivity contribution in [2.75, 3.05) is 18.0 Å². The molecule has 1 amide bonds. The summed E-state index contributed by atoms with van der Waals surface area (Å²) in [6, 6.07) is 0.191. The van der Waals surface area contributed by atoms with Gasteiger partial charge in [-0.15, -0.1) is 0 Å². The van der Waals surface area contributed by atoms with Gasteiger partial charge in [0, 0.05) is 32.0 Å². The highest BCUT2D eigenvalue weighted by molar-refractivity contribution is 5.88. The lowest BCUT2D eigenvalue weighted by Gasteiger charge is -2.28. The van der Waals surface area contributed by atoms with Crippen molar-refractivity contribution < 1.29 is 9.32 Å². The molecule has 3 rings (SSSR count). The zero-order valence-corrected chi connectivity index (χ0v) is 16.0. The van der Waals surface area contributed by atoms with E-state index in [4.69, 9.17) is 9.51 Å². The van der Waals surface area contributed by atoms with Gasteiger partial charge in [0.1, 0.15) is 17.0 Å². The van der Waals surface area contributed by atoms with E-state index in [1.54, 1.807) is 0 Å². The summed E-state index contributed by atoms with van der Waals surface area (Å²) < 4.78 is 5.47. The predicted octanol–water partition coefficient (Wildman–Crippen LogP) is 3.02. The number of hydrogen-bond donors (Lipinski definition) is 1. The normalized spacial score (nSPS) is 16.0. The van der Waals surface area contributed by atoms with Crippen LogP contribution in [0.15, 0.2) is 4.52 Å². The van der Waals surface area contributed by atoms with Crippen LogP contribution in [0.2, 0.25) is 0 Å². The highest BCUT2D eigenvalue weighted by atomic mass is 16.5. The third-order valence-electron chi connectivity index (χ3n) is 5.02. The van der Waals surface area contributed by atoms with Gasteiger partial charge in [0.15, 0.2) is 0 Å². The molecule has 142 valence electrons. The summed E-state index contributed by atoms with van der Waals surface area (Å²) in [5.41, 5.74) is 1.44. The van der Waals surface area contributed by atoms with Gasteiger partial charge in [-0.25, -0.2) is 4.98 Å². The SMILES string of the molecule is CCc1noc2nc(CCC(=O)N[C@@H](C)CC)nc(N3CCCCC3)c12. The Labute approximate surface area is 154 Å². The number of nitrogens with one attached hydrogen (secondary N) is 1. The number of rotatable bonds is 7. The van der Waals surface area contributed by atoms with E-state index in [-0.39, 0.29) is 11.9 Å². The Bertz CT molecular complexity index is 752. The zero-order valence-electron chi connectivity index (χ0n) is 16.0. The van der Waals surface area contributed by atoms with E-state index in [1.165, 1.54) is 19.3 Å². The van der Waals surface area contributed by atoms with Crippen molar-refractivity contribution in [1.82, 2.24) is 20.4 Å². The first-order valence-corrected chi connectivity index (χ1v) is 9.81. The third-order valence-corrected chi connectivity index (χ3v) is 5.02. The van der Waals surface area contributed by atoms with E-state index < -0.39 is 0 Å². The molecule has 0 unspecified atom stereocenters. The van der Waals surface area contributed by atoms with Crippen LogP contribution in [0.4, 0.5) is 5.82 Å². The van der Waals surface area contributed by atoms with Crippen LogP contribution in [0.3, 0.4) is 0 Å². The van der Waals surface area contributed by atoms with Crippen LogP contribution < -0.4 is 10.2 Å². The average molecular weight is 359 g/mol. The van der Waals surface area contributed by atoms with Crippen LogP contribution in [-0.2, 0) is 17.6 Å². The zero-order chi connectivity index (χ0) is 18.5. The minimum Gasteiger partial charge on any atom is -0.356 e. The molecule has 0 spiro atoms. The van der Waals surface area contributed by atoms with Crippen molar-refractivity contribution in [3.63, 3.8) is 0 Å². The molecule has 7 nitrogen and oxygen atoms in total. The van der Waals surface area contributed by atoms with Crippen molar-refractivity contribution in [2.24, 2.45) is 0 Å². The number of carbonyl (C=O) groups is 1. The Morgan fingerprint density at radius 1 is 1.23 bits per heavy atom. The number of anilines is 1. The summed E-state index contributed by atoms with van der Waals surface area (Å²) in [6.45, 7) is 8.12. The minimum atomic E-state index is 0.0365. The summed E-state index contributed by atoms with van der Waals surface area (Å²) in [5, 5.41) is 8.09. The predicted molar refractivity (Wildman–Crippen MR) is 101 cm³/mol. The number of fused-ring (bicyclic) bond motifs is 1. The molecule has 7 heteroatoms. The number of amides is 1. The molecule has 2 aromatic heterocycles. The molecule has 0 aromatic carbocycles. The maximum atomic E-state index is 12.1. The van der Waals surface area contributed by atoms with Crippen molar-refractivity contribution in [3.05, 3.63) is 11.5 Å². The average Bonchev–Trinajstić information content (AvgIpc) is 3.09. The van der Waals surface area contributed by atoms with Gasteiger partial charge >= 0.3 is 0 Å². The second-order valence-electron chi connectivity index (χ2n) is 7.05. The topological polar surface area (TPSA) is 84.1 Å². The van der Waals surface area contributed by atoms with Gasteiger partial charge in [-0.05, 0) is 39.0 Å². The first-order chi connectivity index (χ1) is 12.6. The van der Waals surface area contributed by atoms with Crippen molar-refractivity contribution in [3.8, 4) is 0 Å². The lowest BCUT2D eigenvalue weighted by atomic mass is 10.1. The molecule has 1 aliphatic heterocycles. The number of aromatic nitrogens is 3. The van der Waals surface area contributed by atoms with E-state index >= 15 is 0 Å². The van der Waals surface area contributed by atoms with Gasteiger partial charge < -0.3 is 14.7 Å². The van der Waals surface area contributed by atoms with Crippen molar-refractivity contribution >= 4 is 22.8 Å². The second-order valence-corrected chi connectivity index (χ2v) is 7.05. The molecule has 2 aromatic rings. The highest BCUT2D eigenvalue weighted by Crippen LogP contribution is 2.29. The van der Waals surface area contributed by atoms with Crippen LogP contribution in [0.25, 0.3) is 11.1 Å². The molecule has 1 aliphatic rings. The van der Waals surface area contributed by atoms with Crippen LogP contribution in [0.5, 0.6) is 0 Å². The van der Waals surface area contributed by atoms with E-state index in [2.05, 4.69) is 34.2 Å². The summed E-state index contributed by atoms with van der Waals surface area (Å²) in [6.07, 6.45) is 6.19. The fourth-order valence-corrected chi connectivity index (χ4v) is 3.30. The molecule has 0 bridgehead atoms. The standard InChI is InChI=1S/C19H29N5O2/c1-4-13(3)20-16(25)10-9-15-21-18(24-11-7-6-8-12-24)17-14(5-2)23-26-19(17)22-15/h13H,4-12H2,1-3H3,(H,20,25)/t13-/m0/s1. The Kier molecular flexibility index (Phi) is 6.06. The lowest BCUT2D eigenvalue weighted by Crippen LogP contribution is -2.32. The van der Waals surface area contributed by atoms with Gasteiger partial charge in [0.2, 0.25) is 5.91 Å². The monoisotopic (exact) mass is 359 g/mol. The number of hydrogen-bond acceptors (Lipinski definition) is 6. The summed E-state index contributed by atoms with van der Waals surface area (Å²) in [7, 11) is 0. The molecule has 3 heterocycles. The Balaban J connectivity index is 1.83. The number of nitrogens with zero attached hydrogens (tertiary/aromatic N) is 4. The Morgan fingerprint density at radius 3 is 2.69 bits per heavy atom. The molecule has 1 fully saturated rings. The van der Waals surface area contributed by atoms with E-state index in [9.17, 15) is 4.79 Å². The van der Waals surface area contributed by atoms with Crippen molar-refractivity contribution in [2.45, 2.75) is 71.8 Å². The molecule has 26 heavy (non-hydrogen) atoms. The molecule has 1 saturated heterocycles. The van der Waals surface area contributed by atoms with Crippen LogP contribution in [0, 0.1) is 0 Å². The van der Waals surface area contributed by atoms with Crippen molar-refractivity contribution in [1.29, 1.82) is 0 Å². The van der Waals surface area contributed by atoms with E-state index in [0.717, 1.165) is 42.8 Å². The second kappa shape index (κ2) is 8.47. The van der Waals surface area contributed by atoms with Crippen LogP contribution in [0.1, 0.15) is 64.4 Å². The quantitative estimate of drug-likeness (QED) is 0.818. The summed E-state index contributed by atoms with van der Waals surface area (Å²) >= 11 is 0. The van der Waals surface area contributed by atoms with E-state index in [0.29, 0.717) is 24.4 Å². The first kappa shape index (κ1) is 18.6. The fourth-order valence-electron chi connectivity index (χ4n) is 3.30. The molecule has 0 radical (unpaired) electrons. The number of carbonyl (C=O) groups excluding carboxylic acids is 1. The largest absolute Gasteiger partial charge is 0.356 e. The van der Waals surface area contributed by atoms with Gasteiger partial charge in [-0.1, -0.05) is 19.0 Å². The molecular formula is C19H29N5O2. The van der Waals surface area contributed by atoms with Gasteiger partial charge in [-0.2, -0.15) is 4.98 Å². The van der Waals surface area contributed by atoms with Gasteiger partial charge in [-0.3, -0.25) is 4.79 Å². The minimum absolute atomic E-state index is 0.0365. The first-order valence-electron chi connectivity index (χ1n) is 9.81. The Hall–Kier alpha value is -2.18. The third kappa shape index (κ3) is 4.14. The van der Waals surface area contributed by atoms with Gasteiger partial charge in [0.25, 0.3) is 5.71 Å². The van der Waals surface area contributed by atoms with Gasteiger partial charge in [0.05, 0.1) is 5.69 Å². The molecule has 0 aliphatic carbocycles. The highest BCUT2D eigenvalue weighted by Gasteiger charge is 2.22. The molecule has 0 saturated carbocycles. The number of piperidine rings is 1. The molecular weight excluding hydrogens is 330 g/mol.